The lowest BCUT2D eigenvalue weighted by Crippen LogP contribution is -2.51. The highest BCUT2D eigenvalue weighted by Crippen LogP contribution is 2.13. The Hall–Kier alpha value is -4.77. The molecule has 6 N–H and O–H groups in total. The Morgan fingerprint density at radius 2 is 0.817 bits per heavy atom. The Morgan fingerprint density at radius 1 is 0.467 bits per heavy atom. The van der Waals surface area contributed by atoms with Crippen molar-refractivity contribution >= 4 is 42.2 Å². The molecule has 0 aromatic carbocycles. The van der Waals surface area contributed by atoms with Gasteiger partial charge >= 0.3 is 30.3 Å². The summed E-state index contributed by atoms with van der Waals surface area (Å²) in [5, 5.41) is 16.4. The second-order valence-corrected chi connectivity index (χ2v) is 18.6. The highest BCUT2D eigenvalue weighted by atomic mass is 16.6. The molecule has 0 rings (SSSR count). The number of ether oxygens (including phenoxy) is 5. The summed E-state index contributed by atoms with van der Waals surface area (Å²) >= 11 is 0. The fraction of sp³-hybridized carbons (Fsp3) is 0.786. The second-order valence-electron chi connectivity index (χ2n) is 18.6. The molecule has 0 fully saturated rings. The molecule has 0 aliphatic rings. The molecule has 0 heterocycles. The quantitative estimate of drug-likeness (QED) is 0.0298. The van der Waals surface area contributed by atoms with Gasteiger partial charge in [-0.15, -0.1) is 0 Å². The molecule has 3 atom stereocenters. The van der Waals surface area contributed by atoms with Gasteiger partial charge in [-0.1, -0.05) is 6.58 Å². The monoisotopic (exact) mass is 857 g/mol. The summed E-state index contributed by atoms with van der Waals surface area (Å²) in [6, 6.07) is -2.58. The molecule has 0 saturated carbocycles. The molecule has 18 heteroatoms. The van der Waals surface area contributed by atoms with E-state index in [1.165, 1.54) is 6.92 Å². The number of carbonyl (C=O) groups is 7. The third-order valence-electron chi connectivity index (χ3n) is 7.58. The SMILES string of the molecule is C=C(C)C(=O)OC[C@H](CCCCNC(=O)[C@H](CCCCNC(=O)OC(C)(C)C)NC(=O)OC(C)(C)C)NC(=O)[C@H](CCCCNC(=O)OC(C)(C)C)NC(=O)OC(C)(C)C. The zero-order valence-corrected chi connectivity index (χ0v) is 38.5. The molecular weight excluding hydrogens is 780 g/mol. The van der Waals surface area contributed by atoms with Crippen molar-refractivity contribution in [3.8, 4) is 0 Å². The Labute approximate surface area is 357 Å². The molecule has 6 amide bonds. The van der Waals surface area contributed by atoms with Crippen molar-refractivity contribution < 1.29 is 57.2 Å². The largest absolute Gasteiger partial charge is 0.460 e. The number of hydrogen-bond acceptors (Lipinski definition) is 12. The molecule has 0 aliphatic carbocycles. The van der Waals surface area contributed by atoms with Crippen LogP contribution in [0.1, 0.15) is 148 Å². The van der Waals surface area contributed by atoms with E-state index in [0.29, 0.717) is 51.5 Å². The van der Waals surface area contributed by atoms with E-state index < -0.39 is 82.7 Å². The van der Waals surface area contributed by atoms with Gasteiger partial charge in [0, 0.05) is 25.2 Å². The van der Waals surface area contributed by atoms with E-state index in [2.05, 4.69) is 38.5 Å². The maximum Gasteiger partial charge on any atom is 0.408 e. The number of carbonyl (C=O) groups excluding carboxylic acids is 7. The van der Waals surface area contributed by atoms with E-state index in [4.69, 9.17) is 23.7 Å². The van der Waals surface area contributed by atoms with Crippen LogP contribution in [0.25, 0.3) is 0 Å². The standard InChI is InChI=1S/C42H76N6O12/c1-28(2)34(51)56-27-29(46-33(50)31(48-38(55)60-42(12,13)14)23-17-20-26-45-36(53)58-40(6,7)8)21-15-18-24-43-32(49)30(47-37(54)59-41(9,10)11)22-16-19-25-44-35(52)57-39(3,4)5/h29-31H,1,15-27H2,2-14H3,(H,43,49)(H,44,52)(H,45,53)(H,46,50)(H,47,54)(H,48,55)/t29-,30-,31-/m0/s1. The van der Waals surface area contributed by atoms with Gasteiger partial charge in [0.25, 0.3) is 0 Å². The van der Waals surface area contributed by atoms with E-state index in [0.717, 1.165) is 0 Å². The van der Waals surface area contributed by atoms with Crippen LogP contribution in [0.4, 0.5) is 19.2 Å². The van der Waals surface area contributed by atoms with Crippen molar-refractivity contribution in [2.24, 2.45) is 0 Å². The zero-order valence-electron chi connectivity index (χ0n) is 38.5. The lowest BCUT2D eigenvalue weighted by molar-refractivity contribution is -0.140. The Kier molecular flexibility index (Phi) is 24.3. The van der Waals surface area contributed by atoms with Crippen LogP contribution in [-0.4, -0.2) is 109 Å². The maximum atomic E-state index is 13.6. The fourth-order valence-electron chi connectivity index (χ4n) is 5.04. The zero-order chi connectivity index (χ0) is 46.3. The molecule has 18 nitrogen and oxygen atoms in total. The van der Waals surface area contributed by atoms with Crippen molar-refractivity contribution in [1.29, 1.82) is 0 Å². The minimum absolute atomic E-state index is 0.173. The van der Waals surface area contributed by atoms with E-state index >= 15 is 0 Å². The predicted octanol–water partition coefficient (Wildman–Crippen LogP) is 6.05. The first-order chi connectivity index (χ1) is 27.5. The Morgan fingerprint density at radius 3 is 1.20 bits per heavy atom. The van der Waals surface area contributed by atoms with Crippen LogP contribution in [0.3, 0.4) is 0 Å². The topological polar surface area (TPSA) is 238 Å². The van der Waals surface area contributed by atoms with Crippen molar-refractivity contribution in [2.75, 3.05) is 26.2 Å². The fourth-order valence-corrected chi connectivity index (χ4v) is 5.04. The first kappa shape index (κ1) is 55.2. The molecule has 60 heavy (non-hydrogen) atoms. The second kappa shape index (κ2) is 26.4. The summed E-state index contributed by atoms with van der Waals surface area (Å²) in [6.45, 7) is 26.6. The van der Waals surface area contributed by atoms with E-state index in [9.17, 15) is 33.6 Å². The van der Waals surface area contributed by atoms with Crippen LogP contribution in [0.5, 0.6) is 0 Å². The molecule has 0 aromatic heterocycles. The van der Waals surface area contributed by atoms with Crippen LogP contribution in [-0.2, 0) is 38.1 Å². The van der Waals surface area contributed by atoms with Gasteiger partial charge in [-0.3, -0.25) is 9.59 Å². The summed E-state index contributed by atoms with van der Waals surface area (Å²) in [7, 11) is 0. The van der Waals surface area contributed by atoms with Gasteiger partial charge < -0.3 is 55.6 Å². The molecular formula is C42H76N6O12. The highest BCUT2D eigenvalue weighted by molar-refractivity contribution is 5.87. The number of nitrogens with one attached hydrogen (secondary N) is 6. The summed E-state index contributed by atoms with van der Waals surface area (Å²) in [5.41, 5.74) is -2.69. The van der Waals surface area contributed by atoms with Crippen molar-refractivity contribution in [3.05, 3.63) is 12.2 Å². The number of hydrogen-bond donors (Lipinski definition) is 6. The van der Waals surface area contributed by atoms with Crippen LogP contribution >= 0.6 is 0 Å². The molecule has 346 valence electrons. The van der Waals surface area contributed by atoms with Gasteiger partial charge in [0.05, 0.1) is 6.04 Å². The minimum atomic E-state index is -1.01. The number of esters is 1. The average Bonchev–Trinajstić information content (AvgIpc) is 3.05. The molecule has 0 spiro atoms. The van der Waals surface area contributed by atoms with Crippen LogP contribution in [0.2, 0.25) is 0 Å². The first-order valence-corrected chi connectivity index (χ1v) is 20.8. The van der Waals surface area contributed by atoms with Crippen LogP contribution in [0.15, 0.2) is 12.2 Å². The lowest BCUT2D eigenvalue weighted by atomic mass is 10.1. The highest BCUT2D eigenvalue weighted by Gasteiger charge is 2.28. The van der Waals surface area contributed by atoms with Gasteiger partial charge in [0.15, 0.2) is 0 Å². The molecule has 0 unspecified atom stereocenters. The maximum absolute atomic E-state index is 13.6. The van der Waals surface area contributed by atoms with Gasteiger partial charge in [0.1, 0.15) is 41.1 Å². The molecule has 0 aliphatic heterocycles. The third-order valence-corrected chi connectivity index (χ3v) is 7.58. The number of alkyl carbamates (subject to hydrolysis) is 4. The number of unbranched alkanes of at least 4 members (excludes halogenated alkanes) is 3. The summed E-state index contributed by atoms with van der Waals surface area (Å²) in [4.78, 5) is 88.5. The van der Waals surface area contributed by atoms with Gasteiger partial charge in [0.2, 0.25) is 11.8 Å². The Balaban J connectivity index is 5.56. The number of amides is 6. The van der Waals surface area contributed by atoms with Gasteiger partial charge in [-0.2, -0.15) is 0 Å². The molecule has 0 radical (unpaired) electrons. The number of rotatable bonds is 23. The van der Waals surface area contributed by atoms with Crippen molar-refractivity contribution in [2.45, 2.75) is 188 Å². The van der Waals surface area contributed by atoms with Crippen molar-refractivity contribution in [1.82, 2.24) is 31.9 Å². The van der Waals surface area contributed by atoms with Crippen LogP contribution in [0, 0.1) is 0 Å². The van der Waals surface area contributed by atoms with E-state index in [1.54, 1.807) is 83.1 Å². The first-order valence-electron chi connectivity index (χ1n) is 20.8. The average molecular weight is 857 g/mol. The van der Waals surface area contributed by atoms with Gasteiger partial charge in [-0.25, -0.2) is 24.0 Å². The minimum Gasteiger partial charge on any atom is -0.460 e. The summed E-state index contributed by atoms with van der Waals surface area (Å²) in [6.07, 6.45) is 1.12. The smallest absolute Gasteiger partial charge is 0.408 e. The summed E-state index contributed by atoms with van der Waals surface area (Å²) in [5.74, 6) is -1.58. The molecule has 0 saturated heterocycles. The van der Waals surface area contributed by atoms with Gasteiger partial charge in [-0.05, 0) is 148 Å². The lowest BCUT2D eigenvalue weighted by Gasteiger charge is -2.26. The summed E-state index contributed by atoms with van der Waals surface area (Å²) < 4.78 is 26.6. The molecule has 0 bridgehead atoms. The third kappa shape index (κ3) is 31.2. The van der Waals surface area contributed by atoms with E-state index in [1.807, 2.05) is 0 Å². The molecule has 0 aromatic rings. The predicted molar refractivity (Wildman–Crippen MR) is 227 cm³/mol. The van der Waals surface area contributed by atoms with Crippen molar-refractivity contribution in [3.63, 3.8) is 0 Å². The Bertz CT molecular complexity index is 1410. The van der Waals surface area contributed by atoms with Crippen LogP contribution < -0.4 is 31.9 Å². The normalized spacial score (nSPS) is 13.3. The van der Waals surface area contributed by atoms with E-state index in [-0.39, 0.29) is 38.1 Å².